The van der Waals surface area contributed by atoms with Crippen LogP contribution in [0.4, 0.5) is 5.13 Å². The van der Waals surface area contributed by atoms with Crippen LogP contribution in [0.5, 0.6) is 10.9 Å². The largest absolute Gasteiger partial charge is 0.494 e. The second kappa shape index (κ2) is 10.5. The zero-order chi connectivity index (χ0) is 24.9. The number of carbonyl (C=O) groups is 2. The number of ether oxygens (including phenoxy) is 2. The van der Waals surface area contributed by atoms with Gasteiger partial charge in [-0.25, -0.2) is 4.98 Å². The van der Waals surface area contributed by atoms with Gasteiger partial charge in [0.15, 0.2) is 5.78 Å². The number of nitrogens with zero attached hydrogens (tertiary/aromatic N) is 5. The number of Topliss-reactive ketones (excluding diaryl/α,β-unsaturated/α-hetero) is 1. The van der Waals surface area contributed by atoms with Crippen molar-refractivity contribution in [2.24, 2.45) is 0 Å². The Kier molecular flexibility index (Phi) is 7.28. The van der Waals surface area contributed by atoms with E-state index in [0.29, 0.717) is 33.8 Å². The smallest absolute Gasteiger partial charge is 0.296 e. The molecule has 178 valence electrons. The number of aryl methyl sites for hydroxylation is 1. The molecule has 0 spiro atoms. The number of hydrogen-bond donors (Lipinski definition) is 1. The highest BCUT2D eigenvalue weighted by Gasteiger charge is 2.25. The van der Waals surface area contributed by atoms with Gasteiger partial charge in [-0.15, -0.1) is 5.10 Å². The van der Waals surface area contributed by atoms with Crippen LogP contribution in [0, 0.1) is 6.92 Å². The third-order valence-electron chi connectivity index (χ3n) is 4.88. The minimum Gasteiger partial charge on any atom is -0.494 e. The van der Waals surface area contributed by atoms with E-state index >= 15 is 0 Å². The number of carbonyl (C=O) groups excluding carboxylic acids is 2. The first kappa shape index (κ1) is 24.2. The fourth-order valence-electron chi connectivity index (χ4n) is 3.23. The molecule has 0 aromatic carbocycles. The van der Waals surface area contributed by atoms with E-state index in [4.69, 9.17) is 21.1 Å². The number of ketones is 1. The topological polar surface area (TPSA) is 129 Å². The maximum Gasteiger partial charge on any atom is 0.296 e. The number of aromatic nitrogens is 5. The second-order valence-electron chi connectivity index (χ2n) is 7.22. The van der Waals surface area contributed by atoms with Crippen LogP contribution >= 0.6 is 22.9 Å². The summed E-state index contributed by atoms with van der Waals surface area (Å²) in [7, 11) is 1.50. The van der Waals surface area contributed by atoms with Crippen LogP contribution in [0.15, 0.2) is 42.9 Å². The normalized spacial score (nSPS) is 10.6. The molecule has 0 saturated carbocycles. The van der Waals surface area contributed by atoms with Crippen molar-refractivity contribution in [1.82, 2.24) is 25.1 Å². The summed E-state index contributed by atoms with van der Waals surface area (Å²) >= 11 is 7.44. The number of pyridine rings is 3. The standard InChI is InChI=1S/C23H19ClN6O4S/c1-12-19(33-3)17(14-6-8-25-9-7-14)18(20(24)27-12)21(32)28-22-29-30-23(35-22)34-11-16-5-4-15(10-26-16)13(2)31/h4-10H,11H2,1-3H3,(H,28,29,32). The van der Waals surface area contributed by atoms with E-state index in [0.717, 1.165) is 11.3 Å². The molecule has 0 aliphatic carbocycles. The predicted octanol–water partition coefficient (Wildman–Crippen LogP) is 4.39. The van der Waals surface area contributed by atoms with Crippen molar-refractivity contribution in [2.75, 3.05) is 12.4 Å². The number of amides is 1. The Bertz CT molecular complexity index is 1380. The van der Waals surface area contributed by atoms with E-state index in [-0.39, 0.29) is 33.4 Å². The predicted molar refractivity (Wildman–Crippen MR) is 130 cm³/mol. The molecule has 12 heteroatoms. The monoisotopic (exact) mass is 510 g/mol. The molecule has 0 bridgehead atoms. The number of hydrogen-bond acceptors (Lipinski definition) is 10. The Morgan fingerprint density at radius 2 is 1.91 bits per heavy atom. The zero-order valence-corrected chi connectivity index (χ0v) is 20.5. The van der Waals surface area contributed by atoms with E-state index in [1.165, 1.54) is 20.2 Å². The van der Waals surface area contributed by atoms with Crippen molar-refractivity contribution in [3.63, 3.8) is 0 Å². The fraction of sp³-hybridized carbons (Fsp3) is 0.174. The molecule has 0 fully saturated rings. The van der Waals surface area contributed by atoms with Crippen LogP contribution in [0.2, 0.25) is 5.15 Å². The van der Waals surface area contributed by atoms with Crippen molar-refractivity contribution < 1.29 is 19.1 Å². The first-order chi connectivity index (χ1) is 16.9. The summed E-state index contributed by atoms with van der Waals surface area (Å²) in [4.78, 5) is 37.1. The van der Waals surface area contributed by atoms with Gasteiger partial charge in [0.2, 0.25) is 5.13 Å². The summed E-state index contributed by atoms with van der Waals surface area (Å²) in [6.07, 6.45) is 4.70. The van der Waals surface area contributed by atoms with Crippen LogP contribution in [0.25, 0.3) is 11.1 Å². The SMILES string of the molecule is COc1c(C)nc(Cl)c(C(=O)Nc2nnc(OCc3ccc(C(C)=O)cn3)s2)c1-c1ccncc1. The lowest BCUT2D eigenvalue weighted by Gasteiger charge is -2.16. The molecule has 0 saturated heterocycles. The van der Waals surface area contributed by atoms with Gasteiger partial charge in [-0.05, 0) is 55.0 Å². The van der Waals surface area contributed by atoms with Crippen LogP contribution in [-0.2, 0) is 6.61 Å². The van der Waals surface area contributed by atoms with Gasteiger partial charge in [-0.3, -0.25) is 24.9 Å². The molecule has 0 unspecified atom stereocenters. The number of halogens is 1. The quantitative estimate of drug-likeness (QED) is 0.271. The first-order valence-corrected chi connectivity index (χ1v) is 11.4. The Morgan fingerprint density at radius 3 is 2.57 bits per heavy atom. The van der Waals surface area contributed by atoms with Gasteiger partial charge in [0.25, 0.3) is 11.1 Å². The van der Waals surface area contributed by atoms with Crippen molar-refractivity contribution >= 4 is 39.8 Å². The third-order valence-corrected chi connectivity index (χ3v) is 5.90. The van der Waals surface area contributed by atoms with E-state index < -0.39 is 5.91 Å². The van der Waals surface area contributed by atoms with Gasteiger partial charge in [-0.2, -0.15) is 0 Å². The van der Waals surface area contributed by atoms with E-state index in [9.17, 15) is 9.59 Å². The Morgan fingerprint density at radius 1 is 1.14 bits per heavy atom. The van der Waals surface area contributed by atoms with Gasteiger partial charge in [-0.1, -0.05) is 16.7 Å². The van der Waals surface area contributed by atoms with Crippen LogP contribution in [-0.4, -0.2) is 43.9 Å². The molecule has 0 atom stereocenters. The lowest BCUT2D eigenvalue weighted by Crippen LogP contribution is -2.16. The number of rotatable bonds is 8. The average Bonchev–Trinajstić information content (AvgIpc) is 3.30. The average molecular weight is 511 g/mol. The molecule has 10 nitrogen and oxygen atoms in total. The molecule has 1 amide bonds. The van der Waals surface area contributed by atoms with Crippen molar-refractivity contribution in [3.05, 3.63) is 70.5 Å². The molecular formula is C23H19ClN6O4S. The van der Waals surface area contributed by atoms with Gasteiger partial charge >= 0.3 is 0 Å². The van der Waals surface area contributed by atoms with Crippen LogP contribution in [0.3, 0.4) is 0 Å². The summed E-state index contributed by atoms with van der Waals surface area (Å²) < 4.78 is 11.1. The molecule has 4 rings (SSSR count). The van der Waals surface area contributed by atoms with Crippen molar-refractivity contribution in [2.45, 2.75) is 20.5 Å². The van der Waals surface area contributed by atoms with E-state index in [1.54, 1.807) is 43.6 Å². The highest BCUT2D eigenvalue weighted by molar-refractivity contribution is 7.17. The molecular weight excluding hydrogens is 492 g/mol. The van der Waals surface area contributed by atoms with Crippen molar-refractivity contribution in [1.29, 1.82) is 0 Å². The molecule has 4 aromatic heterocycles. The summed E-state index contributed by atoms with van der Waals surface area (Å²) in [6.45, 7) is 3.34. The van der Waals surface area contributed by atoms with E-state index in [1.807, 2.05) is 0 Å². The van der Waals surface area contributed by atoms with Crippen LogP contribution in [0.1, 0.15) is 39.0 Å². The molecule has 35 heavy (non-hydrogen) atoms. The summed E-state index contributed by atoms with van der Waals surface area (Å²) in [5, 5.41) is 11.1. The number of methoxy groups -OCH3 is 1. The second-order valence-corrected chi connectivity index (χ2v) is 8.52. The fourth-order valence-corrected chi connectivity index (χ4v) is 4.13. The molecule has 0 radical (unpaired) electrons. The zero-order valence-electron chi connectivity index (χ0n) is 18.9. The third kappa shape index (κ3) is 5.42. The Labute approximate surface area is 209 Å². The minimum atomic E-state index is -0.531. The van der Waals surface area contributed by atoms with Gasteiger partial charge in [0, 0.05) is 29.7 Å². The Hall–Kier alpha value is -3.96. The summed E-state index contributed by atoms with van der Waals surface area (Å²) in [5.74, 6) is -0.171. The maximum atomic E-state index is 13.2. The van der Waals surface area contributed by atoms with E-state index in [2.05, 4.69) is 30.5 Å². The van der Waals surface area contributed by atoms with Gasteiger partial charge < -0.3 is 9.47 Å². The molecule has 1 N–H and O–H groups in total. The lowest BCUT2D eigenvalue weighted by atomic mass is 9.99. The number of nitrogens with one attached hydrogen (secondary N) is 1. The van der Waals surface area contributed by atoms with Crippen LogP contribution < -0.4 is 14.8 Å². The molecule has 4 heterocycles. The summed E-state index contributed by atoms with van der Waals surface area (Å²) in [6, 6.07) is 6.87. The highest BCUT2D eigenvalue weighted by Crippen LogP contribution is 2.38. The summed E-state index contributed by atoms with van der Waals surface area (Å²) in [5.41, 5.74) is 2.99. The van der Waals surface area contributed by atoms with Gasteiger partial charge in [0.05, 0.1) is 24.1 Å². The van der Waals surface area contributed by atoms with Crippen molar-refractivity contribution in [3.8, 4) is 22.1 Å². The molecule has 0 aliphatic heterocycles. The molecule has 4 aromatic rings. The first-order valence-electron chi connectivity index (χ1n) is 10.3. The maximum absolute atomic E-state index is 13.2. The minimum absolute atomic E-state index is 0.0219. The lowest BCUT2D eigenvalue weighted by molar-refractivity contribution is 0.101. The number of anilines is 1. The highest BCUT2D eigenvalue weighted by atomic mass is 35.5. The van der Waals surface area contributed by atoms with Gasteiger partial charge in [0.1, 0.15) is 17.5 Å². The Balaban J connectivity index is 1.53. The molecule has 0 aliphatic rings.